The van der Waals surface area contributed by atoms with Crippen molar-refractivity contribution in [2.24, 2.45) is 0 Å². The molecule has 1 amide bonds. The van der Waals surface area contributed by atoms with Gasteiger partial charge in [-0.15, -0.1) is 22.9 Å². The van der Waals surface area contributed by atoms with Crippen molar-refractivity contribution in [2.75, 3.05) is 5.32 Å². The Morgan fingerprint density at radius 1 is 1.24 bits per heavy atom. The van der Waals surface area contributed by atoms with E-state index in [2.05, 4.69) is 10.3 Å². The van der Waals surface area contributed by atoms with Crippen LogP contribution in [0, 0.1) is 6.92 Å². The van der Waals surface area contributed by atoms with Crippen LogP contribution >= 0.6 is 34.5 Å². The molecule has 1 unspecified atom stereocenters. The Morgan fingerprint density at radius 2 is 2.00 bits per heavy atom. The van der Waals surface area contributed by atoms with E-state index in [1.165, 1.54) is 11.3 Å². The molecule has 0 fully saturated rings. The van der Waals surface area contributed by atoms with E-state index in [1.807, 2.05) is 55.5 Å². The maximum atomic E-state index is 12.3. The molecule has 1 N–H and O–H groups in total. The topological polar surface area (TPSA) is 42.0 Å². The zero-order chi connectivity index (χ0) is 17.8. The average Bonchev–Trinajstić information content (AvgIpc) is 3.05. The molecule has 0 spiro atoms. The number of alkyl halides is 1. The normalized spacial score (nSPS) is 12.0. The van der Waals surface area contributed by atoms with E-state index in [-0.39, 0.29) is 5.91 Å². The minimum absolute atomic E-state index is 0.285. The van der Waals surface area contributed by atoms with Crippen molar-refractivity contribution in [1.29, 1.82) is 0 Å². The van der Waals surface area contributed by atoms with Crippen LogP contribution in [-0.4, -0.2) is 10.9 Å². The minimum Gasteiger partial charge on any atom is -0.300 e. The maximum absolute atomic E-state index is 12.3. The van der Waals surface area contributed by atoms with Crippen molar-refractivity contribution < 1.29 is 4.79 Å². The number of rotatable bonds is 5. The number of hydrogen-bond acceptors (Lipinski definition) is 3. The number of nitrogens with zero attached hydrogens (tertiary/aromatic N) is 1. The molecule has 3 nitrogen and oxygen atoms in total. The van der Waals surface area contributed by atoms with Crippen LogP contribution in [0.1, 0.15) is 26.9 Å². The number of carbonyl (C=O) groups is 1. The summed E-state index contributed by atoms with van der Waals surface area (Å²) < 4.78 is 0. The van der Waals surface area contributed by atoms with Gasteiger partial charge in [0.2, 0.25) is 5.91 Å². The van der Waals surface area contributed by atoms with E-state index in [1.54, 1.807) is 6.20 Å². The van der Waals surface area contributed by atoms with Crippen LogP contribution in [0.4, 0.5) is 5.13 Å². The Hall–Kier alpha value is -1.88. The van der Waals surface area contributed by atoms with Gasteiger partial charge in [0.25, 0.3) is 0 Å². The van der Waals surface area contributed by atoms with Crippen LogP contribution in [0.5, 0.6) is 0 Å². The summed E-state index contributed by atoms with van der Waals surface area (Å²) in [6.45, 7) is 1.97. The maximum Gasteiger partial charge on any atom is 0.248 e. The third-order valence-corrected chi connectivity index (χ3v) is 5.49. The van der Waals surface area contributed by atoms with Crippen LogP contribution < -0.4 is 5.32 Å². The molecule has 1 atom stereocenters. The highest BCUT2D eigenvalue weighted by atomic mass is 35.5. The summed E-state index contributed by atoms with van der Waals surface area (Å²) in [6.07, 6.45) is 2.48. The van der Waals surface area contributed by atoms with Crippen LogP contribution in [0.25, 0.3) is 0 Å². The molecule has 0 aliphatic heterocycles. The molecule has 25 heavy (non-hydrogen) atoms. The van der Waals surface area contributed by atoms with Gasteiger partial charge in [0.1, 0.15) is 5.38 Å². The zero-order valence-corrected chi connectivity index (χ0v) is 15.8. The summed E-state index contributed by atoms with van der Waals surface area (Å²) in [5.41, 5.74) is 2.92. The second-order valence-corrected chi connectivity index (χ2v) is 7.61. The summed E-state index contributed by atoms with van der Waals surface area (Å²) in [6, 6.07) is 15.2. The lowest BCUT2D eigenvalue weighted by molar-refractivity contribution is -0.116. The molecule has 0 aliphatic carbocycles. The molecule has 3 aromatic rings. The Morgan fingerprint density at radius 3 is 2.72 bits per heavy atom. The fourth-order valence-electron chi connectivity index (χ4n) is 2.34. The van der Waals surface area contributed by atoms with Gasteiger partial charge in [-0.05, 0) is 29.7 Å². The highest BCUT2D eigenvalue weighted by Crippen LogP contribution is 2.26. The van der Waals surface area contributed by atoms with Gasteiger partial charge >= 0.3 is 0 Å². The second-order valence-electron chi connectivity index (χ2n) is 5.65. The third-order valence-electron chi connectivity index (χ3n) is 3.72. The summed E-state index contributed by atoms with van der Waals surface area (Å²) in [5, 5.41) is 3.33. The summed E-state index contributed by atoms with van der Waals surface area (Å²) in [4.78, 5) is 17.6. The Balaban J connectivity index is 1.65. The first-order chi connectivity index (χ1) is 12.0. The van der Waals surface area contributed by atoms with Crippen LogP contribution in [0.3, 0.4) is 0 Å². The van der Waals surface area contributed by atoms with Crippen molar-refractivity contribution >= 4 is 45.6 Å². The number of halogens is 2. The fourth-order valence-corrected chi connectivity index (χ4v) is 3.59. The number of benzene rings is 2. The molecule has 0 radical (unpaired) electrons. The van der Waals surface area contributed by atoms with Gasteiger partial charge in [-0.1, -0.05) is 54.1 Å². The second kappa shape index (κ2) is 8.00. The number of anilines is 1. The lowest BCUT2D eigenvalue weighted by atomic mass is 10.1. The number of hydrogen-bond donors (Lipinski definition) is 1. The summed E-state index contributed by atoms with van der Waals surface area (Å²) in [7, 11) is 0. The largest absolute Gasteiger partial charge is 0.300 e. The van der Waals surface area contributed by atoms with Crippen molar-refractivity contribution in [3.63, 3.8) is 0 Å². The Bertz CT molecular complexity index is 880. The Kier molecular flexibility index (Phi) is 5.74. The third kappa shape index (κ3) is 4.60. The van der Waals surface area contributed by atoms with Gasteiger partial charge in [0.15, 0.2) is 5.13 Å². The molecule has 3 rings (SSSR count). The van der Waals surface area contributed by atoms with E-state index in [9.17, 15) is 4.79 Å². The molecule has 1 heterocycles. The zero-order valence-electron chi connectivity index (χ0n) is 13.5. The van der Waals surface area contributed by atoms with Crippen LogP contribution in [-0.2, 0) is 11.2 Å². The van der Waals surface area contributed by atoms with Gasteiger partial charge < -0.3 is 5.32 Å². The van der Waals surface area contributed by atoms with Crippen LogP contribution in [0.15, 0.2) is 54.7 Å². The van der Waals surface area contributed by atoms with E-state index < -0.39 is 5.38 Å². The van der Waals surface area contributed by atoms with Gasteiger partial charge in [0.05, 0.1) is 0 Å². The molecule has 0 saturated carbocycles. The van der Waals surface area contributed by atoms with Gasteiger partial charge in [-0.2, -0.15) is 0 Å². The summed E-state index contributed by atoms with van der Waals surface area (Å²) >= 11 is 13.8. The summed E-state index contributed by atoms with van der Waals surface area (Å²) in [5.74, 6) is -0.285. The molecule has 0 saturated heterocycles. The first-order valence-electron chi connectivity index (χ1n) is 7.72. The van der Waals surface area contributed by atoms with Gasteiger partial charge in [-0.3, -0.25) is 4.79 Å². The lowest BCUT2D eigenvalue weighted by Gasteiger charge is -2.08. The number of amides is 1. The molecule has 1 aromatic heterocycles. The number of aryl methyl sites for hydroxylation is 1. The van der Waals surface area contributed by atoms with Gasteiger partial charge in [0, 0.05) is 22.5 Å². The molecule has 0 bridgehead atoms. The van der Waals surface area contributed by atoms with Crippen molar-refractivity contribution in [3.05, 3.63) is 81.3 Å². The SMILES string of the molecule is Cc1ccc(Cc2cnc(NC(=O)C(Cl)c3ccccc3)s2)cc1Cl. The monoisotopic (exact) mass is 390 g/mol. The number of nitrogens with one attached hydrogen (secondary N) is 1. The lowest BCUT2D eigenvalue weighted by Crippen LogP contribution is -2.17. The number of aromatic nitrogens is 1. The predicted molar refractivity (Wildman–Crippen MR) is 105 cm³/mol. The highest BCUT2D eigenvalue weighted by Gasteiger charge is 2.18. The standard InChI is InChI=1S/C19H16Cl2N2OS/c1-12-7-8-13(10-16(12)20)9-15-11-22-19(25-15)23-18(24)17(21)14-5-3-2-4-6-14/h2-8,10-11,17H,9H2,1H3,(H,22,23,24). The smallest absolute Gasteiger partial charge is 0.248 e. The number of carbonyl (C=O) groups excluding carboxylic acids is 1. The van der Waals surface area contributed by atoms with Crippen molar-refractivity contribution in [2.45, 2.75) is 18.7 Å². The van der Waals surface area contributed by atoms with E-state index in [0.29, 0.717) is 5.13 Å². The number of thiazole rings is 1. The quantitative estimate of drug-likeness (QED) is 0.574. The molecular weight excluding hydrogens is 375 g/mol. The Labute approximate surface area is 160 Å². The molecule has 0 aliphatic rings. The molecular formula is C19H16Cl2N2OS. The van der Waals surface area contributed by atoms with Crippen LogP contribution in [0.2, 0.25) is 5.02 Å². The average molecular weight is 391 g/mol. The minimum atomic E-state index is -0.746. The van der Waals surface area contributed by atoms with E-state index in [0.717, 1.165) is 33.0 Å². The van der Waals surface area contributed by atoms with Crippen molar-refractivity contribution in [1.82, 2.24) is 4.98 Å². The van der Waals surface area contributed by atoms with Crippen molar-refractivity contribution in [3.8, 4) is 0 Å². The van der Waals surface area contributed by atoms with Gasteiger partial charge in [-0.25, -0.2) is 4.98 Å². The molecule has 2 aromatic carbocycles. The fraction of sp³-hybridized carbons (Fsp3) is 0.158. The first-order valence-corrected chi connectivity index (χ1v) is 9.35. The first kappa shape index (κ1) is 17.9. The molecule has 6 heteroatoms. The highest BCUT2D eigenvalue weighted by molar-refractivity contribution is 7.15. The van der Waals surface area contributed by atoms with E-state index in [4.69, 9.17) is 23.2 Å². The predicted octanol–water partition coefficient (Wildman–Crippen LogP) is 5.61. The van der Waals surface area contributed by atoms with E-state index >= 15 is 0 Å². The molecule has 128 valence electrons.